The van der Waals surface area contributed by atoms with Gasteiger partial charge in [-0.2, -0.15) is 0 Å². The number of carbonyl (C=O) groups is 1. The van der Waals surface area contributed by atoms with Gasteiger partial charge < -0.3 is 4.90 Å². The first-order chi connectivity index (χ1) is 7.75. The van der Waals surface area contributed by atoms with Crippen molar-refractivity contribution in [1.29, 1.82) is 0 Å². The number of amides is 1. The fourth-order valence-corrected chi connectivity index (χ4v) is 1.82. The molecule has 0 aromatic heterocycles. The summed E-state index contributed by atoms with van der Waals surface area (Å²) >= 11 is 0. The van der Waals surface area contributed by atoms with Crippen molar-refractivity contribution in [1.82, 2.24) is 4.90 Å². The summed E-state index contributed by atoms with van der Waals surface area (Å²) in [4.78, 5) is 13.5. The largest absolute Gasteiger partial charge is 0.339 e. The molecule has 0 N–H and O–H groups in total. The highest BCUT2D eigenvalue weighted by Crippen LogP contribution is 2.10. The molecule has 16 heavy (non-hydrogen) atoms. The molecule has 1 aliphatic heterocycles. The predicted octanol–water partition coefficient (Wildman–Crippen LogP) is 2.46. The number of likely N-dealkylation sites (tertiary alicyclic amines) is 1. The van der Waals surface area contributed by atoms with Crippen LogP contribution in [0.4, 0.5) is 4.39 Å². The number of hydrogen-bond acceptors (Lipinski definition) is 1. The van der Waals surface area contributed by atoms with Crippen molar-refractivity contribution in [2.75, 3.05) is 13.1 Å². The smallest absolute Gasteiger partial charge is 0.246 e. The van der Waals surface area contributed by atoms with Crippen molar-refractivity contribution in [3.8, 4) is 0 Å². The minimum atomic E-state index is -0.282. The number of hydrogen-bond donors (Lipinski definition) is 0. The molecule has 0 atom stereocenters. The van der Waals surface area contributed by atoms with E-state index in [1.54, 1.807) is 18.2 Å². The SMILES string of the molecule is O=C(C=Cc1cccc(F)c1)N1CCCC1. The van der Waals surface area contributed by atoms with Gasteiger partial charge in [0.1, 0.15) is 5.82 Å². The van der Waals surface area contributed by atoms with E-state index < -0.39 is 0 Å². The Morgan fingerprint density at radius 2 is 2.06 bits per heavy atom. The molecule has 0 bridgehead atoms. The first kappa shape index (κ1) is 10.9. The summed E-state index contributed by atoms with van der Waals surface area (Å²) in [6.07, 6.45) is 5.34. The molecule has 1 saturated heterocycles. The molecular weight excluding hydrogens is 205 g/mol. The molecule has 0 saturated carbocycles. The lowest BCUT2D eigenvalue weighted by Gasteiger charge is -2.11. The molecule has 0 spiro atoms. The van der Waals surface area contributed by atoms with Crippen LogP contribution in [0.15, 0.2) is 30.3 Å². The Kier molecular flexibility index (Phi) is 3.34. The zero-order chi connectivity index (χ0) is 11.4. The van der Waals surface area contributed by atoms with Crippen LogP contribution in [0.5, 0.6) is 0 Å². The normalized spacial score (nSPS) is 15.9. The Labute approximate surface area is 94.4 Å². The van der Waals surface area contributed by atoms with E-state index >= 15 is 0 Å². The van der Waals surface area contributed by atoms with Gasteiger partial charge in [0.2, 0.25) is 5.91 Å². The molecule has 84 valence electrons. The van der Waals surface area contributed by atoms with Crippen molar-refractivity contribution in [3.05, 3.63) is 41.7 Å². The van der Waals surface area contributed by atoms with E-state index in [0.29, 0.717) is 5.56 Å². The van der Waals surface area contributed by atoms with Crippen LogP contribution in [0, 0.1) is 5.82 Å². The Balaban J connectivity index is 2.00. The van der Waals surface area contributed by atoms with E-state index in [4.69, 9.17) is 0 Å². The van der Waals surface area contributed by atoms with Gasteiger partial charge in [-0.15, -0.1) is 0 Å². The second-order valence-electron chi connectivity index (χ2n) is 3.92. The van der Waals surface area contributed by atoms with Gasteiger partial charge in [0.15, 0.2) is 0 Å². The van der Waals surface area contributed by atoms with Crippen LogP contribution in [-0.2, 0) is 4.79 Å². The van der Waals surface area contributed by atoms with Gasteiger partial charge in [-0.25, -0.2) is 4.39 Å². The van der Waals surface area contributed by atoms with Gasteiger partial charge in [0, 0.05) is 19.2 Å². The van der Waals surface area contributed by atoms with Crippen LogP contribution in [0.2, 0.25) is 0 Å². The molecular formula is C13H14FNO. The monoisotopic (exact) mass is 219 g/mol. The van der Waals surface area contributed by atoms with E-state index in [2.05, 4.69) is 0 Å². The molecule has 3 heteroatoms. The molecule has 0 aliphatic carbocycles. The maximum atomic E-state index is 12.9. The average molecular weight is 219 g/mol. The highest BCUT2D eigenvalue weighted by Gasteiger charge is 2.14. The minimum Gasteiger partial charge on any atom is -0.339 e. The van der Waals surface area contributed by atoms with E-state index in [-0.39, 0.29) is 11.7 Å². The number of benzene rings is 1. The Hall–Kier alpha value is -1.64. The maximum Gasteiger partial charge on any atom is 0.246 e. The summed E-state index contributed by atoms with van der Waals surface area (Å²) in [7, 11) is 0. The van der Waals surface area contributed by atoms with Crippen LogP contribution in [0.25, 0.3) is 6.08 Å². The molecule has 1 aromatic rings. The van der Waals surface area contributed by atoms with Gasteiger partial charge in [-0.1, -0.05) is 12.1 Å². The minimum absolute atomic E-state index is 0.0155. The van der Waals surface area contributed by atoms with Crippen LogP contribution >= 0.6 is 0 Å². The van der Waals surface area contributed by atoms with Gasteiger partial charge in [-0.05, 0) is 36.6 Å². The van der Waals surface area contributed by atoms with Crippen LogP contribution in [0.1, 0.15) is 18.4 Å². The van der Waals surface area contributed by atoms with Crippen LogP contribution in [0.3, 0.4) is 0 Å². The van der Waals surface area contributed by atoms with Crippen molar-refractivity contribution in [2.24, 2.45) is 0 Å². The lowest BCUT2D eigenvalue weighted by Crippen LogP contribution is -2.25. The molecule has 0 radical (unpaired) electrons. The first-order valence-corrected chi connectivity index (χ1v) is 5.48. The standard InChI is InChI=1S/C13H14FNO/c14-12-5-3-4-11(10-12)6-7-13(16)15-8-1-2-9-15/h3-7,10H,1-2,8-9H2. The van der Waals surface area contributed by atoms with Gasteiger partial charge in [-0.3, -0.25) is 4.79 Å². The Morgan fingerprint density at radius 1 is 1.31 bits per heavy atom. The summed E-state index contributed by atoms with van der Waals surface area (Å²) in [5.41, 5.74) is 0.715. The van der Waals surface area contributed by atoms with Gasteiger partial charge in [0.25, 0.3) is 0 Å². The van der Waals surface area contributed by atoms with Gasteiger partial charge >= 0.3 is 0 Å². The van der Waals surface area contributed by atoms with Crippen molar-refractivity contribution < 1.29 is 9.18 Å². The number of nitrogens with zero attached hydrogens (tertiary/aromatic N) is 1. The molecule has 1 fully saturated rings. The third-order valence-corrected chi connectivity index (χ3v) is 2.68. The summed E-state index contributed by atoms with van der Waals surface area (Å²) in [5, 5.41) is 0. The molecule has 2 rings (SSSR count). The molecule has 1 aliphatic rings. The van der Waals surface area contributed by atoms with Crippen molar-refractivity contribution in [2.45, 2.75) is 12.8 Å². The van der Waals surface area contributed by atoms with E-state index in [1.165, 1.54) is 18.2 Å². The summed E-state index contributed by atoms with van der Waals surface area (Å²) in [6, 6.07) is 6.21. The van der Waals surface area contributed by atoms with Crippen LogP contribution in [-0.4, -0.2) is 23.9 Å². The summed E-state index contributed by atoms with van der Waals surface area (Å²) < 4.78 is 12.9. The van der Waals surface area contributed by atoms with E-state index in [1.807, 2.05) is 4.90 Å². The lowest BCUT2D eigenvalue weighted by atomic mass is 10.2. The molecule has 2 nitrogen and oxygen atoms in total. The molecule has 1 heterocycles. The number of carbonyl (C=O) groups excluding carboxylic acids is 1. The quantitative estimate of drug-likeness (QED) is 0.700. The second kappa shape index (κ2) is 4.92. The fourth-order valence-electron chi connectivity index (χ4n) is 1.82. The Bertz CT molecular complexity index is 408. The number of rotatable bonds is 2. The molecule has 1 amide bonds. The lowest BCUT2D eigenvalue weighted by molar-refractivity contribution is -0.124. The summed E-state index contributed by atoms with van der Waals surface area (Å²) in [5.74, 6) is -0.266. The zero-order valence-electron chi connectivity index (χ0n) is 9.03. The van der Waals surface area contributed by atoms with Crippen LogP contribution < -0.4 is 0 Å². The molecule has 1 aromatic carbocycles. The predicted molar refractivity (Wildman–Crippen MR) is 61.2 cm³/mol. The topological polar surface area (TPSA) is 20.3 Å². The fraction of sp³-hybridized carbons (Fsp3) is 0.308. The highest BCUT2D eigenvalue weighted by atomic mass is 19.1. The maximum absolute atomic E-state index is 12.9. The van der Waals surface area contributed by atoms with E-state index in [0.717, 1.165) is 25.9 Å². The van der Waals surface area contributed by atoms with Gasteiger partial charge in [0.05, 0.1) is 0 Å². The third-order valence-electron chi connectivity index (χ3n) is 2.68. The second-order valence-corrected chi connectivity index (χ2v) is 3.92. The number of halogens is 1. The zero-order valence-corrected chi connectivity index (χ0v) is 9.03. The van der Waals surface area contributed by atoms with Crippen molar-refractivity contribution >= 4 is 12.0 Å². The average Bonchev–Trinajstić information content (AvgIpc) is 2.79. The Morgan fingerprint density at radius 3 is 2.75 bits per heavy atom. The highest BCUT2D eigenvalue weighted by molar-refractivity contribution is 5.91. The first-order valence-electron chi connectivity index (χ1n) is 5.48. The third kappa shape index (κ3) is 2.69. The van der Waals surface area contributed by atoms with E-state index in [9.17, 15) is 9.18 Å². The molecule has 0 unspecified atom stereocenters. The summed E-state index contributed by atoms with van der Waals surface area (Å²) in [6.45, 7) is 1.68. The van der Waals surface area contributed by atoms with Crippen molar-refractivity contribution in [3.63, 3.8) is 0 Å².